The Balaban J connectivity index is 2.88. The molecular weight excluding hydrogens is 242 g/mol. The SMILES string of the molecule is C[C@@H]1CC(C(=O)O)CCN1S(=O)(=O)C(C)(C)C. The number of sulfonamides is 1. The highest BCUT2D eigenvalue weighted by molar-refractivity contribution is 7.90. The Morgan fingerprint density at radius 2 is 1.88 bits per heavy atom. The molecule has 2 atom stereocenters. The number of carboxylic acid groups (broad SMARTS) is 1. The Labute approximate surface area is 103 Å². The normalized spacial score (nSPS) is 28.0. The number of nitrogens with zero attached hydrogens (tertiary/aromatic N) is 1. The van der Waals surface area contributed by atoms with Gasteiger partial charge in [0.25, 0.3) is 0 Å². The van der Waals surface area contributed by atoms with Gasteiger partial charge in [-0.25, -0.2) is 8.42 Å². The molecule has 0 aromatic heterocycles. The molecule has 0 spiro atoms. The molecule has 5 nitrogen and oxygen atoms in total. The van der Waals surface area contributed by atoms with E-state index in [1.807, 2.05) is 0 Å². The van der Waals surface area contributed by atoms with Crippen LogP contribution in [-0.4, -0.2) is 41.1 Å². The van der Waals surface area contributed by atoms with Crippen molar-refractivity contribution in [1.82, 2.24) is 4.31 Å². The fraction of sp³-hybridized carbons (Fsp3) is 0.909. The van der Waals surface area contributed by atoms with Crippen LogP contribution in [0.1, 0.15) is 40.5 Å². The van der Waals surface area contributed by atoms with Gasteiger partial charge >= 0.3 is 5.97 Å². The molecule has 1 aliphatic heterocycles. The van der Waals surface area contributed by atoms with E-state index in [-0.39, 0.29) is 6.04 Å². The molecule has 1 aliphatic rings. The number of rotatable bonds is 2. The average molecular weight is 263 g/mol. The van der Waals surface area contributed by atoms with E-state index in [0.717, 1.165) is 0 Å². The summed E-state index contributed by atoms with van der Waals surface area (Å²) >= 11 is 0. The average Bonchev–Trinajstić information content (AvgIpc) is 2.15. The second-order valence-electron chi connectivity index (χ2n) is 5.64. The molecule has 1 heterocycles. The molecule has 1 saturated heterocycles. The van der Waals surface area contributed by atoms with E-state index in [1.54, 1.807) is 27.7 Å². The van der Waals surface area contributed by atoms with Crippen LogP contribution < -0.4 is 0 Å². The van der Waals surface area contributed by atoms with E-state index in [0.29, 0.717) is 19.4 Å². The molecule has 1 rings (SSSR count). The molecule has 1 unspecified atom stereocenters. The zero-order valence-corrected chi connectivity index (χ0v) is 11.6. The number of aliphatic carboxylic acids is 1. The minimum absolute atomic E-state index is 0.242. The predicted molar refractivity (Wildman–Crippen MR) is 65.2 cm³/mol. The van der Waals surface area contributed by atoms with Crippen LogP contribution in [0.4, 0.5) is 0 Å². The van der Waals surface area contributed by atoms with Crippen molar-refractivity contribution < 1.29 is 18.3 Å². The van der Waals surface area contributed by atoms with Gasteiger partial charge in [-0.3, -0.25) is 4.79 Å². The number of carbonyl (C=O) groups is 1. The van der Waals surface area contributed by atoms with E-state index >= 15 is 0 Å². The van der Waals surface area contributed by atoms with Gasteiger partial charge in [0.2, 0.25) is 10.0 Å². The van der Waals surface area contributed by atoms with Gasteiger partial charge in [0, 0.05) is 12.6 Å². The van der Waals surface area contributed by atoms with Crippen LogP contribution in [0.3, 0.4) is 0 Å². The minimum atomic E-state index is -3.36. The summed E-state index contributed by atoms with van der Waals surface area (Å²) in [5.74, 6) is -1.25. The van der Waals surface area contributed by atoms with E-state index in [2.05, 4.69) is 0 Å². The van der Waals surface area contributed by atoms with E-state index in [9.17, 15) is 13.2 Å². The molecule has 0 saturated carbocycles. The molecule has 0 radical (unpaired) electrons. The third-order valence-corrected chi connectivity index (χ3v) is 5.95. The summed E-state index contributed by atoms with van der Waals surface area (Å²) in [6, 6.07) is -0.242. The number of hydrogen-bond donors (Lipinski definition) is 1. The number of piperidine rings is 1. The van der Waals surface area contributed by atoms with Crippen molar-refractivity contribution in [1.29, 1.82) is 0 Å². The summed E-state index contributed by atoms with van der Waals surface area (Å²) in [6.45, 7) is 7.07. The molecule has 0 aromatic rings. The van der Waals surface area contributed by atoms with Crippen LogP contribution in [-0.2, 0) is 14.8 Å². The van der Waals surface area contributed by atoms with Crippen LogP contribution in [0.5, 0.6) is 0 Å². The summed E-state index contributed by atoms with van der Waals surface area (Å²) in [5, 5.41) is 8.94. The first-order valence-corrected chi connectivity index (χ1v) is 7.25. The second-order valence-corrected chi connectivity index (χ2v) is 8.28. The second kappa shape index (κ2) is 4.57. The smallest absolute Gasteiger partial charge is 0.306 e. The van der Waals surface area contributed by atoms with Crippen molar-refractivity contribution in [2.75, 3.05) is 6.54 Å². The van der Waals surface area contributed by atoms with E-state index in [1.165, 1.54) is 4.31 Å². The molecule has 1 fully saturated rings. The topological polar surface area (TPSA) is 74.7 Å². The molecule has 6 heteroatoms. The molecular formula is C11H21NO4S. The van der Waals surface area contributed by atoms with Crippen LogP contribution in [0.15, 0.2) is 0 Å². The first-order valence-electron chi connectivity index (χ1n) is 5.81. The van der Waals surface area contributed by atoms with Crippen LogP contribution in [0, 0.1) is 5.92 Å². The maximum atomic E-state index is 12.3. The lowest BCUT2D eigenvalue weighted by Crippen LogP contribution is -2.51. The monoisotopic (exact) mass is 263 g/mol. The van der Waals surface area contributed by atoms with Gasteiger partial charge in [-0.2, -0.15) is 4.31 Å². The first-order chi connectivity index (χ1) is 7.57. The molecule has 0 aliphatic carbocycles. The first kappa shape index (κ1) is 14.4. The summed E-state index contributed by atoms with van der Waals surface area (Å²) in [4.78, 5) is 10.9. The molecule has 0 bridgehead atoms. The Morgan fingerprint density at radius 1 is 1.35 bits per heavy atom. The summed E-state index contributed by atoms with van der Waals surface area (Å²) < 4.78 is 25.2. The predicted octanol–water partition coefficient (Wildman–Crippen LogP) is 1.30. The molecule has 100 valence electrons. The summed E-state index contributed by atoms with van der Waals surface area (Å²) in [6.07, 6.45) is 0.791. The molecule has 17 heavy (non-hydrogen) atoms. The largest absolute Gasteiger partial charge is 0.481 e. The van der Waals surface area contributed by atoms with Gasteiger partial charge < -0.3 is 5.11 Å². The van der Waals surface area contributed by atoms with Crippen molar-refractivity contribution in [2.45, 2.75) is 51.3 Å². The van der Waals surface area contributed by atoms with Crippen molar-refractivity contribution in [3.05, 3.63) is 0 Å². The fourth-order valence-corrected chi connectivity index (χ4v) is 3.69. The van der Waals surface area contributed by atoms with Gasteiger partial charge in [0.05, 0.1) is 10.7 Å². The summed E-state index contributed by atoms with van der Waals surface area (Å²) in [5.41, 5.74) is 0. The number of carboxylic acids is 1. The lowest BCUT2D eigenvalue weighted by molar-refractivity contribution is -0.143. The zero-order chi connectivity index (χ0) is 13.4. The van der Waals surface area contributed by atoms with Gasteiger partial charge in [0.15, 0.2) is 0 Å². The van der Waals surface area contributed by atoms with E-state index in [4.69, 9.17) is 5.11 Å². The standard InChI is InChI=1S/C11H21NO4S/c1-8-7-9(10(13)14)5-6-12(8)17(15,16)11(2,3)4/h8-9H,5-7H2,1-4H3,(H,13,14)/t8-,9?/m1/s1. The quantitative estimate of drug-likeness (QED) is 0.815. The minimum Gasteiger partial charge on any atom is -0.481 e. The van der Waals surface area contributed by atoms with Crippen molar-refractivity contribution in [3.8, 4) is 0 Å². The Morgan fingerprint density at radius 3 is 2.24 bits per heavy atom. The van der Waals surface area contributed by atoms with Crippen molar-refractivity contribution in [3.63, 3.8) is 0 Å². The highest BCUT2D eigenvalue weighted by Gasteiger charge is 2.41. The van der Waals surface area contributed by atoms with E-state index < -0.39 is 26.7 Å². The van der Waals surface area contributed by atoms with Crippen molar-refractivity contribution in [2.24, 2.45) is 5.92 Å². The Kier molecular flexibility index (Phi) is 3.88. The third-order valence-electron chi connectivity index (χ3n) is 3.25. The highest BCUT2D eigenvalue weighted by atomic mass is 32.2. The molecule has 0 aromatic carbocycles. The molecule has 0 amide bonds. The maximum absolute atomic E-state index is 12.3. The maximum Gasteiger partial charge on any atom is 0.306 e. The lowest BCUT2D eigenvalue weighted by atomic mass is 9.93. The van der Waals surface area contributed by atoms with Gasteiger partial charge in [0.1, 0.15) is 0 Å². The highest BCUT2D eigenvalue weighted by Crippen LogP contribution is 2.30. The zero-order valence-electron chi connectivity index (χ0n) is 10.8. The Bertz CT molecular complexity index is 396. The lowest BCUT2D eigenvalue weighted by Gasteiger charge is -2.38. The molecule has 1 N–H and O–H groups in total. The van der Waals surface area contributed by atoms with Crippen LogP contribution in [0.2, 0.25) is 0 Å². The van der Waals surface area contributed by atoms with Crippen LogP contribution in [0.25, 0.3) is 0 Å². The van der Waals surface area contributed by atoms with Gasteiger partial charge in [-0.15, -0.1) is 0 Å². The number of hydrogen-bond acceptors (Lipinski definition) is 3. The van der Waals surface area contributed by atoms with Crippen LogP contribution >= 0.6 is 0 Å². The fourth-order valence-electron chi connectivity index (χ4n) is 2.08. The Hall–Kier alpha value is -0.620. The summed E-state index contributed by atoms with van der Waals surface area (Å²) in [7, 11) is -3.36. The van der Waals surface area contributed by atoms with Crippen molar-refractivity contribution >= 4 is 16.0 Å². The van der Waals surface area contributed by atoms with Gasteiger partial charge in [-0.05, 0) is 40.5 Å². The third kappa shape index (κ3) is 2.80. The van der Waals surface area contributed by atoms with Gasteiger partial charge in [-0.1, -0.05) is 0 Å².